The van der Waals surface area contributed by atoms with E-state index in [9.17, 15) is 4.39 Å². The molecule has 4 heteroatoms. The number of nitrogens with zero attached hydrogens (tertiary/aromatic N) is 1. The third-order valence-electron chi connectivity index (χ3n) is 4.91. The van der Waals surface area contributed by atoms with Gasteiger partial charge >= 0.3 is 0 Å². The molecule has 2 aromatic carbocycles. The van der Waals surface area contributed by atoms with Crippen molar-refractivity contribution in [2.75, 3.05) is 19.0 Å². The number of terminal acetylenes is 1. The van der Waals surface area contributed by atoms with Crippen molar-refractivity contribution in [1.29, 1.82) is 0 Å². The number of hydrogen-bond donors (Lipinski definition) is 1. The highest BCUT2D eigenvalue weighted by molar-refractivity contribution is 8.08. The Morgan fingerprint density at radius 3 is 2.85 bits per heavy atom. The molecule has 0 aliphatic carbocycles. The summed E-state index contributed by atoms with van der Waals surface area (Å²) in [6.07, 6.45) is 13.0. The first kappa shape index (κ1) is 17.9. The summed E-state index contributed by atoms with van der Waals surface area (Å²) < 4.78 is 14.3. The highest BCUT2D eigenvalue weighted by Gasteiger charge is 2.19. The van der Waals surface area contributed by atoms with Crippen molar-refractivity contribution >= 4 is 16.7 Å². The van der Waals surface area contributed by atoms with Gasteiger partial charge < -0.3 is 5.32 Å². The molecule has 2 aromatic rings. The fourth-order valence-electron chi connectivity index (χ4n) is 3.58. The molecule has 0 saturated carbocycles. The Bertz CT molecular complexity index is 955. The van der Waals surface area contributed by atoms with Crippen molar-refractivity contribution in [2.45, 2.75) is 13.0 Å². The molecule has 0 bridgehead atoms. The number of halogens is 1. The Labute approximate surface area is 164 Å². The van der Waals surface area contributed by atoms with Gasteiger partial charge in [0.25, 0.3) is 0 Å². The van der Waals surface area contributed by atoms with Crippen molar-refractivity contribution in [2.24, 2.45) is 0 Å². The molecule has 0 fully saturated rings. The second kappa shape index (κ2) is 8.04. The smallest absolute Gasteiger partial charge is 0.139 e. The van der Waals surface area contributed by atoms with Gasteiger partial charge in [0.2, 0.25) is 0 Å². The van der Waals surface area contributed by atoms with Crippen LogP contribution in [0.3, 0.4) is 0 Å². The van der Waals surface area contributed by atoms with Crippen LogP contribution in [0.4, 0.5) is 4.39 Å². The van der Waals surface area contributed by atoms with Gasteiger partial charge in [-0.25, -0.2) is 4.39 Å². The fraction of sp³-hybridized carbons (Fsp3) is 0.217. The summed E-state index contributed by atoms with van der Waals surface area (Å²) in [6, 6.07) is 11.5. The highest BCUT2D eigenvalue weighted by atomic mass is 32.2. The molecule has 27 heavy (non-hydrogen) atoms. The summed E-state index contributed by atoms with van der Waals surface area (Å²) >= 11 is 1.78. The molecule has 2 heterocycles. The minimum atomic E-state index is -0.348. The average Bonchev–Trinajstić information content (AvgIpc) is 3.23. The largest absolute Gasteiger partial charge is 0.381 e. The van der Waals surface area contributed by atoms with Gasteiger partial charge in [-0.1, -0.05) is 42.3 Å². The highest BCUT2D eigenvalue weighted by Crippen LogP contribution is 2.39. The molecular formula is C23H21FN2S. The molecule has 136 valence electrons. The molecule has 0 atom stereocenters. The van der Waals surface area contributed by atoms with Crippen molar-refractivity contribution in [3.8, 4) is 23.5 Å². The lowest BCUT2D eigenvalue weighted by atomic mass is 9.93. The van der Waals surface area contributed by atoms with Gasteiger partial charge in [0.1, 0.15) is 5.82 Å². The van der Waals surface area contributed by atoms with Gasteiger partial charge in [-0.3, -0.25) is 4.90 Å². The van der Waals surface area contributed by atoms with Gasteiger partial charge in [-0.05, 0) is 35.2 Å². The molecule has 4 rings (SSSR count). The van der Waals surface area contributed by atoms with E-state index in [4.69, 9.17) is 6.42 Å². The number of rotatable bonds is 4. The van der Waals surface area contributed by atoms with Crippen LogP contribution in [0.5, 0.6) is 0 Å². The molecule has 0 saturated heterocycles. The van der Waals surface area contributed by atoms with Gasteiger partial charge in [-0.15, -0.1) is 18.2 Å². The van der Waals surface area contributed by atoms with Crippen LogP contribution in [0.25, 0.3) is 16.0 Å². The van der Waals surface area contributed by atoms with E-state index in [0.717, 1.165) is 43.1 Å². The summed E-state index contributed by atoms with van der Waals surface area (Å²) in [7, 11) is 0. The van der Waals surface area contributed by atoms with E-state index in [1.54, 1.807) is 23.9 Å². The van der Waals surface area contributed by atoms with Crippen LogP contribution in [0.15, 0.2) is 54.8 Å². The van der Waals surface area contributed by atoms with Gasteiger partial charge in [0.15, 0.2) is 0 Å². The van der Waals surface area contributed by atoms with E-state index in [1.807, 2.05) is 6.07 Å². The van der Waals surface area contributed by atoms with Crippen LogP contribution in [-0.2, 0) is 6.54 Å². The number of benzene rings is 2. The summed E-state index contributed by atoms with van der Waals surface area (Å²) in [4.78, 5) is 3.65. The summed E-state index contributed by atoms with van der Waals surface area (Å²) in [6.45, 7) is 2.92. The maximum atomic E-state index is 14.3. The van der Waals surface area contributed by atoms with E-state index >= 15 is 0 Å². The SMILES string of the molecule is C#Cc1ccc(-c2cccc(CN3CC=CCC3)c2C2=CNCS2)cc1F. The number of thioether (sulfide) groups is 1. The van der Waals surface area contributed by atoms with E-state index in [-0.39, 0.29) is 5.82 Å². The van der Waals surface area contributed by atoms with Gasteiger partial charge in [0, 0.05) is 36.3 Å². The average molecular weight is 376 g/mol. The van der Waals surface area contributed by atoms with Crippen LogP contribution in [-0.4, -0.2) is 23.9 Å². The van der Waals surface area contributed by atoms with Crippen LogP contribution >= 0.6 is 11.8 Å². The summed E-state index contributed by atoms with van der Waals surface area (Å²) in [5.41, 5.74) is 4.66. The monoisotopic (exact) mass is 376 g/mol. The molecule has 2 aliphatic heterocycles. The third kappa shape index (κ3) is 3.80. The molecule has 0 unspecified atom stereocenters. The zero-order chi connectivity index (χ0) is 18.6. The van der Waals surface area contributed by atoms with Crippen LogP contribution in [0.1, 0.15) is 23.1 Å². The van der Waals surface area contributed by atoms with E-state index in [0.29, 0.717) is 5.56 Å². The van der Waals surface area contributed by atoms with E-state index < -0.39 is 0 Å². The molecule has 2 nitrogen and oxygen atoms in total. The summed E-state index contributed by atoms with van der Waals surface area (Å²) in [5.74, 6) is 2.91. The summed E-state index contributed by atoms with van der Waals surface area (Å²) in [5, 5.41) is 3.29. The first-order valence-corrected chi connectivity index (χ1v) is 10.1. The normalized spacial score (nSPS) is 16.7. The van der Waals surface area contributed by atoms with Crippen LogP contribution in [0, 0.1) is 18.2 Å². The number of hydrogen-bond acceptors (Lipinski definition) is 3. The van der Waals surface area contributed by atoms with Gasteiger partial charge in [-0.2, -0.15) is 0 Å². The predicted molar refractivity (Wildman–Crippen MR) is 112 cm³/mol. The molecule has 1 N–H and O–H groups in total. The molecular weight excluding hydrogens is 355 g/mol. The van der Waals surface area contributed by atoms with Crippen LogP contribution in [0.2, 0.25) is 0 Å². The Balaban J connectivity index is 1.79. The topological polar surface area (TPSA) is 15.3 Å². The predicted octanol–water partition coefficient (Wildman–Crippen LogP) is 4.83. The maximum Gasteiger partial charge on any atom is 0.139 e. The van der Waals surface area contributed by atoms with Crippen molar-refractivity contribution < 1.29 is 4.39 Å². The second-order valence-corrected chi connectivity index (χ2v) is 7.69. The maximum absolute atomic E-state index is 14.3. The fourth-order valence-corrected chi connectivity index (χ4v) is 4.45. The molecule has 0 amide bonds. The van der Waals surface area contributed by atoms with Crippen molar-refractivity contribution in [1.82, 2.24) is 10.2 Å². The lowest BCUT2D eigenvalue weighted by Gasteiger charge is -2.25. The lowest BCUT2D eigenvalue weighted by molar-refractivity contribution is 0.290. The molecule has 0 spiro atoms. The molecule has 0 radical (unpaired) electrons. The van der Waals surface area contributed by atoms with E-state index in [1.165, 1.54) is 16.0 Å². The van der Waals surface area contributed by atoms with Crippen molar-refractivity contribution in [3.05, 3.63) is 77.3 Å². The Morgan fingerprint density at radius 1 is 1.22 bits per heavy atom. The lowest BCUT2D eigenvalue weighted by Crippen LogP contribution is -2.27. The quantitative estimate of drug-likeness (QED) is 0.608. The molecule has 0 aromatic heterocycles. The Kier molecular flexibility index (Phi) is 5.33. The second-order valence-electron chi connectivity index (χ2n) is 6.68. The van der Waals surface area contributed by atoms with E-state index in [2.05, 4.69) is 52.7 Å². The minimum absolute atomic E-state index is 0.299. The number of nitrogens with one attached hydrogen (secondary N) is 1. The minimum Gasteiger partial charge on any atom is -0.381 e. The Hall–Kier alpha value is -2.48. The first-order valence-electron chi connectivity index (χ1n) is 9.09. The standard InChI is InChI=1S/C23H21FN2S/c1-2-17-9-10-18(13-21(17)24)20-8-6-7-19(15-26-11-4-3-5-12-26)23(20)22-14-25-16-27-22/h1,3-4,6-10,13-14,25H,5,11-12,15-16H2. The Morgan fingerprint density at radius 2 is 2.15 bits per heavy atom. The zero-order valence-electron chi connectivity index (χ0n) is 15.0. The van der Waals surface area contributed by atoms with Crippen molar-refractivity contribution in [3.63, 3.8) is 0 Å². The first-order chi connectivity index (χ1) is 13.3. The molecule has 2 aliphatic rings. The van der Waals surface area contributed by atoms with Gasteiger partial charge in [0.05, 0.1) is 11.4 Å². The van der Waals surface area contributed by atoms with Crippen LogP contribution < -0.4 is 5.32 Å². The zero-order valence-corrected chi connectivity index (χ0v) is 15.9. The third-order valence-corrected chi connectivity index (χ3v) is 5.86.